The largest absolute Gasteiger partial charge is 0.464 e. The lowest BCUT2D eigenvalue weighted by Crippen LogP contribution is -2.37. The second-order valence-electron chi connectivity index (χ2n) is 4.95. The van der Waals surface area contributed by atoms with Gasteiger partial charge in [-0.2, -0.15) is 13.5 Å². The van der Waals surface area contributed by atoms with Crippen molar-refractivity contribution in [2.24, 2.45) is 0 Å². The average Bonchev–Trinajstić information content (AvgIpc) is 2.74. The second-order valence-corrected chi connectivity index (χ2v) is 4.95. The minimum atomic E-state index is -0.401. The molecule has 1 N–H and O–H groups in total. The maximum Gasteiger partial charge on any atom is 0.328 e. The molecule has 0 aromatic heterocycles. The van der Waals surface area contributed by atoms with E-state index in [-0.39, 0.29) is 25.4 Å². The molecular weight excluding hydrogens is 262 g/mol. The summed E-state index contributed by atoms with van der Waals surface area (Å²) in [7, 11) is 0. The van der Waals surface area contributed by atoms with E-state index in [4.69, 9.17) is 4.74 Å². The molecule has 0 aromatic rings. The van der Waals surface area contributed by atoms with Crippen LogP contribution in [0, 0.1) is 0 Å². The number of amides is 1. The van der Waals surface area contributed by atoms with E-state index in [1.54, 1.807) is 0 Å². The molecule has 19 heavy (non-hydrogen) atoms. The van der Waals surface area contributed by atoms with Crippen LogP contribution in [0.15, 0.2) is 0 Å². The summed E-state index contributed by atoms with van der Waals surface area (Å²) in [6.45, 7) is 2.64. The lowest BCUT2D eigenvalue weighted by Gasteiger charge is -2.08. The van der Waals surface area contributed by atoms with Gasteiger partial charge >= 0.3 is 5.97 Å². The van der Waals surface area contributed by atoms with E-state index in [9.17, 15) is 9.59 Å². The molecule has 0 saturated carbocycles. The maximum atomic E-state index is 11.6. The Labute approximate surface area is 123 Å². The maximum absolute atomic E-state index is 11.6. The zero-order valence-electron chi connectivity index (χ0n) is 11.9. The van der Waals surface area contributed by atoms with E-state index >= 15 is 0 Å². The van der Waals surface area contributed by atoms with E-state index in [0.717, 1.165) is 12.8 Å². The number of hydrogen-bond donors (Lipinski definition) is 1. The summed E-state index contributed by atoms with van der Waals surface area (Å²) < 4.78 is 4.79. The highest BCUT2D eigenvalue weighted by Crippen LogP contribution is 2.09. The summed E-state index contributed by atoms with van der Waals surface area (Å²) in [5.74, 6) is -0.310. The van der Waals surface area contributed by atoms with E-state index < -0.39 is 6.04 Å². The first-order chi connectivity index (χ1) is 8.74. The molecule has 5 heteroatoms. The third-order valence-corrected chi connectivity index (χ3v) is 3.28. The Hall–Kier alpha value is -0.710. The molecule has 112 valence electrons. The number of carbonyl (C=O) groups is 2. The van der Waals surface area contributed by atoms with Crippen molar-refractivity contribution in [3.05, 3.63) is 0 Å². The first-order valence-electron chi connectivity index (χ1n) is 7.20. The van der Waals surface area contributed by atoms with Crippen molar-refractivity contribution in [1.29, 1.82) is 0 Å². The topological polar surface area (TPSA) is 55.4 Å². The van der Waals surface area contributed by atoms with Gasteiger partial charge in [-0.05, 0) is 6.42 Å². The first kappa shape index (κ1) is 18.3. The third-order valence-electron chi connectivity index (χ3n) is 3.28. The highest BCUT2D eigenvalue weighted by atomic mass is 32.1. The normalized spacial score (nSPS) is 17.7. The molecule has 1 atom stereocenters. The quantitative estimate of drug-likeness (QED) is 0.524. The molecule has 0 spiro atoms. The molecule has 1 aliphatic heterocycles. The molecule has 1 saturated heterocycles. The monoisotopic (exact) mass is 289 g/mol. The van der Waals surface area contributed by atoms with Crippen molar-refractivity contribution >= 4 is 25.4 Å². The van der Waals surface area contributed by atoms with E-state index in [2.05, 4.69) is 12.2 Å². The molecular formula is C14H27NO3S. The number of nitrogens with one attached hydrogen (secondary N) is 1. The highest BCUT2D eigenvalue weighted by molar-refractivity contribution is 7.59. The minimum Gasteiger partial charge on any atom is -0.464 e. The number of hydrogen-bond acceptors (Lipinski definition) is 3. The number of esters is 1. The lowest BCUT2D eigenvalue weighted by atomic mass is 10.1. The Kier molecular flexibility index (Phi) is 10.7. The summed E-state index contributed by atoms with van der Waals surface area (Å²) in [4.78, 5) is 22.7. The molecule has 0 unspecified atom stereocenters. The van der Waals surface area contributed by atoms with E-state index in [1.807, 2.05) is 0 Å². The predicted molar refractivity (Wildman–Crippen MR) is 80.5 cm³/mol. The Bertz CT molecular complexity index is 271. The van der Waals surface area contributed by atoms with Gasteiger partial charge < -0.3 is 10.1 Å². The molecule has 1 rings (SSSR count). The summed E-state index contributed by atoms with van der Waals surface area (Å²) in [5, 5.41) is 2.73. The Morgan fingerprint density at radius 2 is 1.84 bits per heavy atom. The van der Waals surface area contributed by atoms with Crippen LogP contribution in [0.5, 0.6) is 0 Å². The van der Waals surface area contributed by atoms with Crippen LogP contribution >= 0.6 is 13.5 Å². The predicted octanol–water partition coefficient (Wildman–Crippen LogP) is 2.67. The number of ether oxygens (including phenoxy) is 1. The molecule has 4 nitrogen and oxygen atoms in total. The molecule has 0 aliphatic carbocycles. The molecule has 0 radical (unpaired) electrons. The minimum absolute atomic E-state index is 0. The summed E-state index contributed by atoms with van der Waals surface area (Å²) in [6, 6.07) is -0.401. The van der Waals surface area contributed by atoms with Gasteiger partial charge in [0.2, 0.25) is 5.91 Å². The van der Waals surface area contributed by atoms with Gasteiger partial charge in [0, 0.05) is 12.8 Å². The number of carbonyl (C=O) groups excluding carboxylic acids is 2. The van der Waals surface area contributed by atoms with E-state index in [0.29, 0.717) is 19.4 Å². The van der Waals surface area contributed by atoms with Crippen LogP contribution in [0.25, 0.3) is 0 Å². The standard InChI is InChI=1S/C14H25NO3.H2S/c1-2-3-4-5-6-7-8-9-13(16)15-12-10-11-18-14(12)17;/h12H,2-11H2,1H3,(H,15,16);1H2/t12-;/m0./s1. The molecule has 1 fully saturated rings. The van der Waals surface area contributed by atoms with Crippen LogP contribution < -0.4 is 5.32 Å². The van der Waals surface area contributed by atoms with Crippen LogP contribution in [0.2, 0.25) is 0 Å². The smallest absolute Gasteiger partial charge is 0.328 e. The number of rotatable bonds is 9. The van der Waals surface area contributed by atoms with Crippen molar-refractivity contribution < 1.29 is 14.3 Å². The summed E-state index contributed by atoms with van der Waals surface area (Å²) in [6.07, 6.45) is 9.51. The van der Waals surface area contributed by atoms with Gasteiger partial charge in [0.1, 0.15) is 6.04 Å². The zero-order chi connectivity index (χ0) is 13.2. The van der Waals surface area contributed by atoms with Gasteiger partial charge in [-0.15, -0.1) is 0 Å². The van der Waals surface area contributed by atoms with Crippen LogP contribution in [0.1, 0.15) is 64.7 Å². The molecule has 0 aromatic carbocycles. The summed E-state index contributed by atoms with van der Waals surface area (Å²) >= 11 is 0. The molecule has 1 aliphatic rings. The first-order valence-corrected chi connectivity index (χ1v) is 7.20. The average molecular weight is 289 g/mol. The van der Waals surface area contributed by atoms with Crippen LogP contribution in [-0.2, 0) is 14.3 Å². The molecule has 1 heterocycles. The second kappa shape index (κ2) is 11.1. The highest BCUT2D eigenvalue weighted by Gasteiger charge is 2.27. The number of cyclic esters (lactones) is 1. The lowest BCUT2D eigenvalue weighted by molar-refractivity contribution is -0.141. The van der Waals surface area contributed by atoms with Crippen LogP contribution in [0.4, 0.5) is 0 Å². The fourth-order valence-corrected chi connectivity index (χ4v) is 2.14. The van der Waals surface area contributed by atoms with Gasteiger partial charge in [-0.1, -0.05) is 45.4 Å². The zero-order valence-corrected chi connectivity index (χ0v) is 12.9. The van der Waals surface area contributed by atoms with Gasteiger partial charge in [0.15, 0.2) is 0 Å². The third kappa shape index (κ3) is 8.14. The van der Waals surface area contributed by atoms with Gasteiger partial charge in [-0.3, -0.25) is 4.79 Å². The van der Waals surface area contributed by atoms with Gasteiger partial charge in [-0.25, -0.2) is 4.79 Å². The fourth-order valence-electron chi connectivity index (χ4n) is 2.14. The van der Waals surface area contributed by atoms with Crippen LogP contribution in [-0.4, -0.2) is 24.5 Å². The van der Waals surface area contributed by atoms with Crippen molar-refractivity contribution in [3.63, 3.8) is 0 Å². The van der Waals surface area contributed by atoms with Crippen molar-refractivity contribution in [2.45, 2.75) is 70.8 Å². The van der Waals surface area contributed by atoms with Crippen LogP contribution in [0.3, 0.4) is 0 Å². The Balaban J connectivity index is 0.00000324. The van der Waals surface area contributed by atoms with Gasteiger partial charge in [0.05, 0.1) is 6.61 Å². The van der Waals surface area contributed by atoms with E-state index in [1.165, 1.54) is 32.1 Å². The molecule has 1 amide bonds. The summed E-state index contributed by atoms with van der Waals surface area (Å²) in [5.41, 5.74) is 0. The fraction of sp³-hybridized carbons (Fsp3) is 0.857. The molecule has 0 bridgehead atoms. The van der Waals surface area contributed by atoms with Gasteiger partial charge in [0.25, 0.3) is 0 Å². The Morgan fingerprint density at radius 3 is 2.42 bits per heavy atom. The SMILES string of the molecule is CCCCCCCCCC(=O)N[C@H]1CCOC1=O.S. The van der Waals surface area contributed by atoms with Crippen molar-refractivity contribution in [2.75, 3.05) is 6.61 Å². The van der Waals surface area contributed by atoms with Crippen molar-refractivity contribution in [1.82, 2.24) is 5.32 Å². The Morgan fingerprint density at radius 1 is 1.21 bits per heavy atom. The number of unbranched alkanes of at least 4 members (excludes halogenated alkanes) is 6. The van der Waals surface area contributed by atoms with Crippen molar-refractivity contribution in [3.8, 4) is 0 Å².